The van der Waals surface area contributed by atoms with Crippen LogP contribution in [0.5, 0.6) is 0 Å². The van der Waals surface area contributed by atoms with Gasteiger partial charge in [-0.3, -0.25) is 4.79 Å². The van der Waals surface area contributed by atoms with Crippen LogP contribution in [-0.4, -0.2) is 29.1 Å². The molecule has 108 valence electrons. The summed E-state index contributed by atoms with van der Waals surface area (Å²) in [5.41, 5.74) is 6.76. The lowest BCUT2D eigenvalue weighted by atomic mass is 10.0. The van der Waals surface area contributed by atoms with Crippen LogP contribution in [-0.2, 0) is 16.0 Å². The zero-order valence-electron chi connectivity index (χ0n) is 11.3. The van der Waals surface area contributed by atoms with Gasteiger partial charge in [-0.2, -0.15) is 0 Å². The molecule has 0 bridgehead atoms. The molecule has 0 radical (unpaired) electrons. The third-order valence-corrected chi connectivity index (χ3v) is 3.80. The molecule has 1 amide bonds. The topological polar surface area (TPSA) is 92.4 Å². The van der Waals surface area contributed by atoms with E-state index in [1.165, 1.54) is 0 Å². The van der Waals surface area contributed by atoms with Crippen LogP contribution in [0.1, 0.15) is 24.8 Å². The van der Waals surface area contributed by atoms with Gasteiger partial charge in [0.15, 0.2) is 0 Å². The highest BCUT2D eigenvalue weighted by atomic mass is 16.4. The van der Waals surface area contributed by atoms with Gasteiger partial charge in [-0.15, -0.1) is 0 Å². The van der Waals surface area contributed by atoms with Gasteiger partial charge < -0.3 is 16.2 Å². The minimum absolute atomic E-state index is 0.152. The van der Waals surface area contributed by atoms with Gasteiger partial charge in [0, 0.05) is 12.5 Å². The standard InChI is InChI=1S/C15H20N2O3/c16-12-8-4-7-11(12)14(18)17-13(15(19)20)9-10-5-2-1-3-6-10/h1-3,5-6,11-13H,4,7-9,16H2,(H,17,18)(H,19,20)/t11?,12?,13-/m0/s1. The first-order valence-electron chi connectivity index (χ1n) is 6.90. The van der Waals surface area contributed by atoms with Crippen molar-refractivity contribution in [2.24, 2.45) is 11.7 Å². The largest absolute Gasteiger partial charge is 0.480 e. The number of aliphatic carboxylic acids is 1. The first kappa shape index (κ1) is 14.5. The maximum absolute atomic E-state index is 12.1. The number of benzene rings is 1. The monoisotopic (exact) mass is 276 g/mol. The Labute approximate surface area is 118 Å². The van der Waals surface area contributed by atoms with Crippen molar-refractivity contribution in [3.8, 4) is 0 Å². The lowest BCUT2D eigenvalue weighted by Crippen LogP contribution is -2.47. The van der Waals surface area contributed by atoms with E-state index in [1.807, 2.05) is 30.3 Å². The highest BCUT2D eigenvalue weighted by Crippen LogP contribution is 2.24. The summed E-state index contributed by atoms with van der Waals surface area (Å²) in [5, 5.41) is 11.9. The highest BCUT2D eigenvalue weighted by Gasteiger charge is 2.32. The van der Waals surface area contributed by atoms with E-state index in [1.54, 1.807) is 0 Å². The van der Waals surface area contributed by atoms with Crippen molar-refractivity contribution < 1.29 is 14.7 Å². The summed E-state index contributed by atoms with van der Waals surface area (Å²) < 4.78 is 0. The summed E-state index contributed by atoms with van der Waals surface area (Å²) in [6.07, 6.45) is 2.78. The Bertz CT molecular complexity index is 475. The van der Waals surface area contributed by atoms with Gasteiger partial charge in [-0.05, 0) is 18.4 Å². The van der Waals surface area contributed by atoms with Gasteiger partial charge in [0.1, 0.15) is 6.04 Å². The van der Waals surface area contributed by atoms with Gasteiger partial charge in [0.2, 0.25) is 5.91 Å². The van der Waals surface area contributed by atoms with Crippen LogP contribution in [0.2, 0.25) is 0 Å². The third-order valence-electron chi connectivity index (χ3n) is 3.80. The molecule has 1 saturated carbocycles. The number of amides is 1. The number of carbonyl (C=O) groups is 2. The Morgan fingerprint density at radius 2 is 2.00 bits per heavy atom. The van der Waals surface area contributed by atoms with E-state index in [-0.39, 0.29) is 24.3 Å². The van der Waals surface area contributed by atoms with E-state index in [2.05, 4.69) is 5.32 Å². The van der Waals surface area contributed by atoms with Crippen molar-refractivity contribution in [3.63, 3.8) is 0 Å². The molecule has 1 aliphatic carbocycles. The molecule has 2 unspecified atom stereocenters. The van der Waals surface area contributed by atoms with Crippen molar-refractivity contribution in [1.82, 2.24) is 5.32 Å². The molecule has 0 spiro atoms. The quantitative estimate of drug-likeness (QED) is 0.746. The maximum Gasteiger partial charge on any atom is 0.326 e. The molecule has 1 aromatic rings. The number of nitrogens with one attached hydrogen (secondary N) is 1. The Morgan fingerprint density at radius 3 is 2.55 bits per heavy atom. The number of nitrogens with two attached hydrogens (primary N) is 1. The fraction of sp³-hybridized carbons (Fsp3) is 0.467. The Kier molecular flexibility index (Phi) is 4.74. The van der Waals surface area contributed by atoms with Crippen LogP contribution in [0, 0.1) is 5.92 Å². The van der Waals surface area contributed by atoms with Gasteiger partial charge in [-0.1, -0.05) is 36.8 Å². The Hall–Kier alpha value is -1.88. The van der Waals surface area contributed by atoms with E-state index < -0.39 is 12.0 Å². The molecule has 0 aromatic heterocycles. The number of hydrogen-bond donors (Lipinski definition) is 3. The lowest BCUT2D eigenvalue weighted by molar-refractivity contribution is -0.142. The molecule has 5 nitrogen and oxygen atoms in total. The van der Waals surface area contributed by atoms with Gasteiger partial charge in [0.05, 0.1) is 5.92 Å². The van der Waals surface area contributed by atoms with Crippen LogP contribution < -0.4 is 11.1 Å². The first-order chi connectivity index (χ1) is 9.58. The molecule has 2 rings (SSSR count). The summed E-state index contributed by atoms with van der Waals surface area (Å²) in [4.78, 5) is 23.4. The second-order valence-electron chi connectivity index (χ2n) is 5.29. The SMILES string of the molecule is NC1CCCC1C(=O)N[C@@H](Cc1ccccc1)C(=O)O. The van der Waals surface area contributed by atoms with E-state index in [4.69, 9.17) is 5.73 Å². The fourth-order valence-corrected chi connectivity index (χ4v) is 2.64. The normalized spacial score (nSPS) is 23.2. The van der Waals surface area contributed by atoms with Crippen molar-refractivity contribution in [2.75, 3.05) is 0 Å². The average Bonchev–Trinajstić information content (AvgIpc) is 2.85. The van der Waals surface area contributed by atoms with Gasteiger partial charge in [0.25, 0.3) is 0 Å². The molecule has 1 aliphatic rings. The summed E-state index contributed by atoms with van der Waals surface area (Å²) in [6, 6.07) is 8.22. The minimum Gasteiger partial charge on any atom is -0.480 e. The van der Waals surface area contributed by atoms with Crippen molar-refractivity contribution in [3.05, 3.63) is 35.9 Å². The summed E-state index contributed by atoms with van der Waals surface area (Å²) in [7, 11) is 0. The van der Waals surface area contributed by atoms with Crippen molar-refractivity contribution >= 4 is 11.9 Å². The number of carbonyl (C=O) groups excluding carboxylic acids is 1. The smallest absolute Gasteiger partial charge is 0.326 e. The molecule has 20 heavy (non-hydrogen) atoms. The lowest BCUT2D eigenvalue weighted by Gasteiger charge is -2.19. The first-order valence-corrected chi connectivity index (χ1v) is 6.90. The number of hydrogen-bond acceptors (Lipinski definition) is 3. The summed E-state index contributed by atoms with van der Waals surface area (Å²) in [5.74, 6) is -1.51. The third kappa shape index (κ3) is 3.57. The highest BCUT2D eigenvalue weighted by molar-refractivity contribution is 5.85. The predicted molar refractivity (Wildman–Crippen MR) is 75.0 cm³/mol. The average molecular weight is 276 g/mol. The number of carboxylic acid groups (broad SMARTS) is 1. The second kappa shape index (κ2) is 6.52. The Morgan fingerprint density at radius 1 is 1.30 bits per heavy atom. The molecule has 4 N–H and O–H groups in total. The molecule has 0 heterocycles. The molecule has 3 atom stereocenters. The second-order valence-corrected chi connectivity index (χ2v) is 5.29. The fourth-order valence-electron chi connectivity index (χ4n) is 2.64. The molecule has 1 aromatic carbocycles. The van der Waals surface area contributed by atoms with Crippen molar-refractivity contribution in [1.29, 1.82) is 0 Å². The molecular formula is C15H20N2O3. The van der Waals surface area contributed by atoms with Gasteiger partial charge >= 0.3 is 5.97 Å². The Balaban J connectivity index is 1.99. The summed E-state index contributed by atoms with van der Waals surface area (Å²) in [6.45, 7) is 0. The zero-order chi connectivity index (χ0) is 14.5. The van der Waals surface area contributed by atoms with Crippen LogP contribution in [0.4, 0.5) is 0 Å². The zero-order valence-corrected chi connectivity index (χ0v) is 11.3. The van der Waals surface area contributed by atoms with E-state index in [0.29, 0.717) is 0 Å². The van der Waals surface area contributed by atoms with Crippen LogP contribution >= 0.6 is 0 Å². The van der Waals surface area contributed by atoms with Gasteiger partial charge in [-0.25, -0.2) is 4.79 Å². The van der Waals surface area contributed by atoms with Crippen LogP contribution in [0.25, 0.3) is 0 Å². The molecule has 1 fully saturated rings. The van der Waals surface area contributed by atoms with E-state index in [9.17, 15) is 14.7 Å². The molecule has 5 heteroatoms. The number of rotatable bonds is 5. The molecule has 0 aliphatic heterocycles. The molecule has 0 saturated heterocycles. The maximum atomic E-state index is 12.1. The number of carboxylic acids is 1. The van der Waals surface area contributed by atoms with Crippen LogP contribution in [0.15, 0.2) is 30.3 Å². The summed E-state index contributed by atoms with van der Waals surface area (Å²) >= 11 is 0. The van der Waals surface area contributed by atoms with Crippen molar-refractivity contribution in [2.45, 2.75) is 37.8 Å². The minimum atomic E-state index is -1.02. The molecular weight excluding hydrogens is 256 g/mol. The van der Waals surface area contributed by atoms with E-state index in [0.717, 1.165) is 24.8 Å². The van der Waals surface area contributed by atoms with E-state index >= 15 is 0 Å². The van der Waals surface area contributed by atoms with Crippen LogP contribution in [0.3, 0.4) is 0 Å². The predicted octanol–water partition coefficient (Wildman–Crippen LogP) is 0.926.